The lowest BCUT2D eigenvalue weighted by atomic mass is 9.89. The maximum absolute atomic E-state index is 5.35. The van der Waals surface area contributed by atoms with E-state index in [4.69, 9.17) is 4.52 Å². The van der Waals surface area contributed by atoms with E-state index in [1.807, 2.05) is 26.1 Å². The highest BCUT2D eigenvalue weighted by Gasteiger charge is 2.29. The van der Waals surface area contributed by atoms with Crippen LogP contribution in [0.5, 0.6) is 0 Å². The molecule has 2 heterocycles. The van der Waals surface area contributed by atoms with Crippen molar-refractivity contribution in [3.63, 3.8) is 0 Å². The van der Waals surface area contributed by atoms with E-state index in [1.54, 1.807) is 0 Å². The molecule has 2 aliphatic rings. The molecule has 0 saturated heterocycles. The number of rotatable bonds is 3. The molecule has 0 N–H and O–H groups in total. The van der Waals surface area contributed by atoms with Crippen LogP contribution in [0, 0.1) is 13.8 Å². The Morgan fingerprint density at radius 3 is 2.74 bits per heavy atom. The van der Waals surface area contributed by atoms with Gasteiger partial charge in [0.25, 0.3) is 0 Å². The van der Waals surface area contributed by atoms with Gasteiger partial charge in [-0.05, 0) is 56.7 Å². The van der Waals surface area contributed by atoms with Gasteiger partial charge in [-0.2, -0.15) is 0 Å². The zero-order valence-corrected chi connectivity index (χ0v) is 15.0. The largest absolute Gasteiger partial charge is 0.361 e. The Morgan fingerprint density at radius 2 is 2.04 bits per heavy atom. The van der Waals surface area contributed by atoms with Gasteiger partial charge >= 0.3 is 0 Å². The summed E-state index contributed by atoms with van der Waals surface area (Å²) in [5, 5.41) is 4.11. The number of halogens is 1. The minimum Gasteiger partial charge on any atom is -0.361 e. The van der Waals surface area contributed by atoms with Gasteiger partial charge in [-0.25, -0.2) is 0 Å². The van der Waals surface area contributed by atoms with Crippen molar-refractivity contribution in [1.29, 1.82) is 0 Å². The minimum absolute atomic E-state index is 0.626. The Balaban J connectivity index is 1.80. The van der Waals surface area contributed by atoms with Crippen LogP contribution in [0.1, 0.15) is 59.9 Å². The normalized spacial score (nSPS) is 17.9. The van der Waals surface area contributed by atoms with Gasteiger partial charge < -0.3 is 4.52 Å². The van der Waals surface area contributed by atoms with Gasteiger partial charge in [0.15, 0.2) is 0 Å². The van der Waals surface area contributed by atoms with E-state index in [1.165, 1.54) is 40.8 Å². The zero-order chi connectivity index (χ0) is 16.0. The van der Waals surface area contributed by atoms with Crippen LogP contribution in [0.25, 0.3) is 11.1 Å². The van der Waals surface area contributed by atoms with Crippen molar-refractivity contribution in [2.45, 2.75) is 45.4 Å². The highest BCUT2D eigenvalue weighted by atomic mass is 79.9. The number of aromatic nitrogens is 2. The third-order valence-corrected chi connectivity index (χ3v) is 5.31. The second-order valence-corrected chi connectivity index (χ2v) is 7.25. The first-order chi connectivity index (χ1) is 11.1. The van der Waals surface area contributed by atoms with Crippen molar-refractivity contribution < 1.29 is 4.52 Å². The molecule has 2 aromatic rings. The average Bonchev–Trinajstić information content (AvgIpc) is 3.33. The number of allylic oxidation sites excluding steroid dienone is 4. The molecule has 4 heteroatoms. The summed E-state index contributed by atoms with van der Waals surface area (Å²) in [6, 6.07) is 2.04. The van der Waals surface area contributed by atoms with Crippen molar-refractivity contribution in [3.05, 3.63) is 57.2 Å². The highest BCUT2D eigenvalue weighted by Crippen LogP contribution is 2.45. The van der Waals surface area contributed by atoms with Crippen LogP contribution in [-0.2, 0) is 0 Å². The Bertz CT molecular complexity index is 808. The molecule has 1 fully saturated rings. The molecule has 0 atom stereocenters. The van der Waals surface area contributed by atoms with E-state index < -0.39 is 0 Å². The summed E-state index contributed by atoms with van der Waals surface area (Å²) in [5.41, 5.74) is 7.23. The van der Waals surface area contributed by atoms with E-state index in [9.17, 15) is 0 Å². The van der Waals surface area contributed by atoms with Crippen LogP contribution in [0.4, 0.5) is 0 Å². The predicted octanol–water partition coefficient (Wildman–Crippen LogP) is 5.59. The SMILES string of the molecule is Cc1noc(C)c1C1=CC(c2c(Br)ccnc2C2CC2)=CCC1. The number of pyridine rings is 1. The second kappa shape index (κ2) is 5.75. The van der Waals surface area contributed by atoms with Crippen LogP contribution in [0.2, 0.25) is 0 Å². The first-order valence-electron chi connectivity index (χ1n) is 8.14. The molecule has 2 aromatic heterocycles. The predicted molar refractivity (Wildman–Crippen MR) is 95.1 cm³/mol. The molecule has 0 radical (unpaired) electrons. The maximum atomic E-state index is 5.35. The van der Waals surface area contributed by atoms with Gasteiger partial charge in [-0.1, -0.05) is 33.2 Å². The average molecular weight is 371 g/mol. The first kappa shape index (κ1) is 14.9. The summed E-state index contributed by atoms with van der Waals surface area (Å²) < 4.78 is 6.49. The fourth-order valence-corrected chi connectivity index (χ4v) is 3.97. The van der Waals surface area contributed by atoms with Gasteiger partial charge in [-0.15, -0.1) is 0 Å². The standard InChI is InChI=1S/C19H19BrN2O/c1-11-17(12(2)23-22-11)14-4-3-5-15(10-14)18-16(20)8-9-21-19(18)13-6-7-13/h5,8-10,13H,3-4,6-7H2,1-2H3. The molecule has 3 nitrogen and oxygen atoms in total. The number of aryl methyl sites for hydroxylation is 2. The summed E-state index contributed by atoms with van der Waals surface area (Å²) in [6.45, 7) is 4.00. The molecule has 2 aliphatic carbocycles. The molecule has 0 bridgehead atoms. The lowest BCUT2D eigenvalue weighted by molar-refractivity contribution is 0.393. The highest BCUT2D eigenvalue weighted by molar-refractivity contribution is 9.10. The van der Waals surface area contributed by atoms with Crippen LogP contribution < -0.4 is 0 Å². The lowest BCUT2D eigenvalue weighted by Crippen LogP contribution is -2.00. The molecule has 4 rings (SSSR count). The molecule has 0 unspecified atom stereocenters. The number of hydrogen-bond acceptors (Lipinski definition) is 3. The third-order valence-electron chi connectivity index (χ3n) is 4.64. The van der Waals surface area contributed by atoms with Crippen molar-refractivity contribution in [1.82, 2.24) is 10.1 Å². The van der Waals surface area contributed by atoms with E-state index in [-0.39, 0.29) is 0 Å². The zero-order valence-electron chi connectivity index (χ0n) is 13.4. The third kappa shape index (κ3) is 2.69. The van der Waals surface area contributed by atoms with Gasteiger partial charge in [0.05, 0.1) is 11.4 Å². The Labute approximate surface area is 144 Å². The molecule has 0 amide bonds. The summed E-state index contributed by atoms with van der Waals surface area (Å²) in [6.07, 6.45) is 11.1. The van der Waals surface area contributed by atoms with Crippen LogP contribution in [-0.4, -0.2) is 10.1 Å². The van der Waals surface area contributed by atoms with Crippen LogP contribution in [0.15, 0.2) is 33.4 Å². The van der Waals surface area contributed by atoms with Crippen LogP contribution in [0.3, 0.4) is 0 Å². The van der Waals surface area contributed by atoms with Crippen LogP contribution >= 0.6 is 15.9 Å². The smallest absolute Gasteiger partial charge is 0.141 e. The quantitative estimate of drug-likeness (QED) is 0.706. The fraction of sp³-hybridized carbons (Fsp3) is 0.368. The second-order valence-electron chi connectivity index (χ2n) is 6.39. The molecule has 1 saturated carbocycles. The Kier molecular flexibility index (Phi) is 3.72. The molecule has 118 valence electrons. The summed E-state index contributed by atoms with van der Waals surface area (Å²) in [4.78, 5) is 4.67. The number of nitrogens with zero attached hydrogens (tertiary/aromatic N) is 2. The molecular formula is C19H19BrN2O. The molecule has 0 aliphatic heterocycles. The molecular weight excluding hydrogens is 352 g/mol. The summed E-state index contributed by atoms with van der Waals surface area (Å²) >= 11 is 3.74. The van der Waals surface area contributed by atoms with Crippen molar-refractivity contribution in [3.8, 4) is 0 Å². The first-order valence-corrected chi connectivity index (χ1v) is 8.93. The maximum Gasteiger partial charge on any atom is 0.141 e. The van der Waals surface area contributed by atoms with E-state index >= 15 is 0 Å². The molecule has 23 heavy (non-hydrogen) atoms. The van der Waals surface area contributed by atoms with Crippen molar-refractivity contribution >= 4 is 27.1 Å². The van der Waals surface area contributed by atoms with Crippen molar-refractivity contribution in [2.24, 2.45) is 0 Å². The Morgan fingerprint density at radius 1 is 1.22 bits per heavy atom. The van der Waals surface area contributed by atoms with Crippen molar-refractivity contribution in [2.75, 3.05) is 0 Å². The van der Waals surface area contributed by atoms with Gasteiger partial charge in [0.1, 0.15) is 5.76 Å². The minimum atomic E-state index is 0.626. The summed E-state index contributed by atoms with van der Waals surface area (Å²) in [7, 11) is 0. The summed E-state index contributed by atoms with van der Waals surface area (Å²) in [5.74, 6) is 1.53. The Hall–Kier alpha value is -1.68. The van der Waals surface area contributed by atoms with Gasteiger partial charge in [-0.3, -0.25) is 4.98 Å². The van der Waals surface area contributed by atoms with E-state index in [0.717, 1.165) is 28.8 Å². The van der Waals surface area contributed by atoms with Gasteiger partial charge in [0.2, 0.25) is 0 Å². The fourth-order valence-electron chi connectivity index (χ4n) is 3.42. The molecule has 0 spiro atoms. The van der Waals surface area contributed by atoms with E-state index in [2.05, 4.69) is 38.2 Å². The monoisotopic (exact) mass is 370 g/mol. The topological polar surface area (TPSA) is 38.9 Å². The van der Waals surface area contributed by atoms with E-state index in [0.29, 0.717) is 5.92 Å². The number of hydrogen-bond donors (Lipinski definition) is 0. The lowest BCUT2D eigenvalue weighted by Gasteiger charge is -2.17. The van der Waals surface area contributed by atoms with Gasteiger partial charge in [0, 0.05) is 27.7 Å². The molecule has 0 aromatic carbocycles.